The van der Waals surface area contributed by atoms with Crippen molar-refractivity contribution in [3.8, 4) is 11.8 Å². The number of methoxy groups -OCH3 is 1. The van der Waals surface area contributed by atoms with Crippen LogP contribution in [0.25, 0.3) is 0 Å². The van der Waals surface area contributed by atoms with Gasteiger partial charge in [-0.25, -0.2) is 13.2 Å². The van der Waals surface area contributed by atoms with E-state index < -0.39 is 22.6 Å². The second-order valence-corrected chi connectivity index (χ2v) is 8.32. The number of sulfonamides is 1. The fourth-order valence-corrected chi connectivity index (χ4v) is 4.40. The van der Waals surface area contributed by atoms with Crippen LogP contribution < -0.4 is 9.04 Å². The number of carbonyl (C=O) groups is 1. The molecule has 3 aromatic rings. The van der Waals surface area contributed by atoms with Gasteiger partial charge in [0.2, 0.25) is 0 Å². The Bertz CT molecular complexity index is 1190. The largest absolute Gasteiger partial charge is 0.497 e. The molecule has 3 rings (SSSR count). The van der Waals surface area contributed by atoms with Crippen molar-refractivity contribution in [3.63, 3.8) is 0 Å². The minimum atomic E-state index is -4.03. The van der Waals surface area contributed by atoms with Gasteiger partial charge >= 0.3 is 5.97 Å². The molecule has 8 heteroatoms. The third kappa shape index (κ3) is 5.21. The average molecular weight is 436 g/mol. The van der Waals surface area contributed by atoms with Crippen molar-refractivity contribution >= 4 is 21.7 Å². The highest BCUT2D eigenvalue weighted by Gasteiger charge is 2.26. The Morgan fingerprint density at radius 1 is 1.00 bits per heavy atom. The molecule has 0 spiro atoms. The van der Waals surface area contributed by atoms with Crippen molar-refractivity contribution in [2.45, 2.75) is 11.4 Å². The SMILES string of the molecule is COc1ccc(N(Cc2ccccc2)S(=O)(=O)c2cccc(C(=O)OCC#N)c2)cc1. The number of hydrogen-bond donors (Lipinski definition) is 0. The smallest absolute Gasteiger partial charge is 0.339 e. The molecule has 0 amide bonds. The van der Waals surface area contributed by atoms with Crippen LogP contribution in [0.1, 0.15) is 15.9 Å². The van der Waals surface area contributed by atoms with Gasteiger partial charge in [-0.1, -0.05) is 36.4 Å². The van der Waals surface area contributed by atoms with E-state index in [0.29, 0.717) is 11.4 Å². The molecule has 0 aromatic heterocycles. The molecule has 0 aliphatic carbocycles. The maximum absolute atomic E-state index is 13.6. The molecule has 3 aromatic carbocycles. The van der Waals surface area contributed by atoms with Crippen LogP contribution in [0.15, 0.2) is 83.8 Å². The highest BCUT2D eigenvalue weighted by Crippen LogP contribution is 2.28. The molecular formula is C23H20N2O5S. The quantitative estimate of drug-likeness (QED) is 0.499. The topological polar surface area (TPSA) is 96.7 Å². The van der Waals surface area contributed by atoms with Crippen LogP contribution in [0.3, 0.4) is 0 Å². The van der Waals surface area contributed by atoms with Gasteiger partial charge in [0.1, 0.15) is 11.8 Å². The van der Waals surface area contributed by atoms with Crippen LogP contribution in [0.5, 0.6) is 5.75 Å². The monoisotopic (exact) mass is 436 g/mol. The van der Waals surface area contributed by atoms with Crippen molar-refractivity contribution in [1.82, 2.24) is 0 Å². The molecule has 0 aliphatic rings. The van der Waals surface area contributed by atoms with Crippen LogP contribution in [0.4, 0.5) is 5.69 Å². The summed E-state index contributed by atoms with van der Waals surface area (Å²) in [4.78, 5) is 12.0. The third-order valence-electron chi connectivity index (χ3n) is 4.45. The van der Waals surface area contributed by atoms with Crippen molar-refractivity contribution < 1.29 is 22.7 Å². The summed E-state index contributed by atoms with van der Waals surface area (Å²) in [5.41, 5.74) is 1.29. The van der Waals surface area contributed by atoms with E-state index in [1.54, 1.807) is 30.3 Å². The fraction of sp³-hybridized carbons (Fsp3) is 0.130. The number of hydrogen-bond acceptors (Lipinski definition) is 6. The van der Waals surface area contributed by atoms with E-state index in [2.05, 4.69) is 0 Å². The van der Waals surface area contributed by atoms with Gasteiger partial charge in [-0.3, -0.25) is 4.31 Å². The Labute approximate surface area is 181 Å². The summed E-state index contributed by atoms with van der Waals surface area (Å²) in [6, 6.07) is 23.1. The van der Waals surface area contributed by atoms with Gasteiger partial charge in [0.15, 0.2) is 6.61 Å². The Kier molecular flexibility index (Phi) is 6.90. The lowest BCUT2D eigenvalue weighted by atomic mass is 10.2. The Morgan fingerprint density at radius 2 is 1.71 bits per heavy atom. The number of carbonyl (C=O) groups excluding carboxylic acids is 1. The van der Waals surface area contributed by atoms with Gasteiger partial charge in [0, 0.05) is 0 Å². The maximum atomic E-state index is 13.6. The van der Waals surface area contributed by atoms with E-state index in [1.165, 1.54) is 35.7 Å². The third-order valence-corrected chi connectivity index (χ3v) is 6.22. The number of benzene rings is 3. The number of anilines is 1. The van der Waals surface area contributed by atoms with Gasteiger partial charge in [0.05, 0.1) is 29.8 Å². The van der Waals surface area contributed by atoms with Crippen molar-refractivity contribution in [2.24, 2.45) is 0 Å². The minimum absolute atomic E-state index is 0.0470. The molecular weight excluding hydrogens is 416 g/mol. The maximum Gasteiger partial charge on any atom is 0.339 e. The molecule has 0 aliphatic heterocycles. The second kappa shape index (κ2) is 9.78. The second-order valence-electron chi connectivity index (χ2n) is 6.46. The first-order valence-electron chi connectivity index (χ1n) is 9.30. The highest BCUT2D eigenvalue weighted by atomic mass is 32.2. The number of nitrogens with zero attached hydrogens (tertiary/aromatic N) is 2. The Hall–Kier alpha value is -3.83. The lowest BCUT2D eigenvalue weighted by molar-refractivity contribution is 0.0554. The molecule has 158 valence electrons. The fourth-order valence-electron chi connectivity index (χ4n) is 2.90. The molecule has 0 fully saturated rings. The number of rotatable bonds is 8. The average Bonchev–Trinajstić information content (AvgIpc) is 2.81. The van der Waals surface area contributed by atoms with Crippen LogP contribution in [-0.4, -0.2) is 28.1 Å². The van der Waals surface area contributed by atoms with Crippen LogP contribution in [0, 0.1) is 11.3 Å². The van der Waals surface area contributed by atoms with Crippen molar-refractivity contribution in [1.29, 1.82) is 5.26 Å². The van der Waals surface area contributed by atoms with Gasteiger partial charge < -0.3 is 9.47 Å². The summed E-state index contributed by atoms with van der Waals surface area (Å²) in [5, 5.41) is 8.58. The van der Waals surface area contributed by atoms with E-state index in [4.69, 9.17) is 14.7 Å². The molecule has 0 N–H and O–H groups in total. The van der Waals surface area contributed by atoms with Gasteiger partial charge in [-0.15, -0.1) is 0 Å². The lowest BCUT2D eigenvalue weighted by Gasteiger charge is -2.25. The number of ether oxygens (including phenoxy) is 2. The normalized spacial score (nSPS) is 10.7. The zero-order valence-corrected chi connectivity index (χ0v) is 17.6. The zero-order valence-electron chi connectivity index (χ0n) is 16.8. The molecule has 0 atom stereocenters. The first-order valence-corrected chi connectivity index (χ1v) is 10.7. The van der Waals surface area contributed by atoms with Crippen molar-refractivity contribution in [2.75, 3.05) is 18.0 Å². The summed E-state index contributed by atoms with van der Waals surface area (Å²) < 4.78 is 38.4. The summed E-state index contributed by atoms with van der Waals surface area (Å²) in [5.74, 6) is -0.166. The summed E-state index contributed by atoms with van der Waals surface area (Å²) in [6.07, 6.45) is 0. The standard InChI is InChI=1S/C23H20N2O5S/c1-29-21-12-10-20(11-13-21)25(17-18-6-3-2-4-7-18)31(27,28)22-9-5-8-19(16-22)23(26)30-15-14-24/h2-13,16H,15,17H2,1H3. The van der Waals surface area contributed by atoms with Crippen LogP contribution >= 0.6 is 0 Å². The number of esters is 1. The molecule has 0 saturated heterocycles. The lowest BCUT2D eigenvalue weighted by Crippen LogP contribution is -2.30. The first kappa shape index (κ1) is 21.9. The summed E-state index contributed by atoms with van der Waals surface area (Å²) >= 11 is 0. The Balaban J connectivity index is 2.02. The molecule has 0 heterocycles. The van der Waals surface area contributed by atoms with Gasteiger partial charge in [-0.2, -0.15) is 5.26 Å². The van der Waals surface area contributed by atoms with Crippen molar-refractivity contribution in [3.05, 3.63) is 90.0 Å². The predicted molar refractivity (Wildman–Crippen MR) is 115 cm³/mol. The van der Waals surface area contributed by atoms with Crippen LogP contribution in [0.2, 0.25) is 0 Å². The number of nitriles is 1. The predicted octanol–water partition coefficient (Wildman–Crippen LogP) is 3.77. The van der Waals surface area contributed by atoms with Gasteiger partial charge in [0.25, 0.3) is 10.0 Å². The molecule has 0 bridgehead atoms. The minimum Gasteiger partial charge on any atom is -0.497 e. The molecule has 0 saturated carbocycles. The van der Waals surface area contributed by atoms with E-state index in [1.807, 2.05) is 30.3 Å². The van der Waals surface area contributed by atoms with Crippen LogP contribution in [-0.2, 0) is 21.3 Å². The first-order chi connectivity index (χ1) is 15.0. The summed E-state index contributed by atoms with van der Waals surface area (Å²) in [6.45, 7) is -0.319. The van der Waals surface area contributed by atoms with E-state index in [9.17, 15) is 13.2 Å². The van der Waals surface area contributed by atoms with E-state index >= 15 is 0 Å². The molecule has 7 nitrogen and oxygen atoms in total. The van der Waals surface area contributed by atoms with Gasteiger partial charge in [-0.05, 0) is 48.0 Å². The van der Waals surface area contributed by atoms with E-state index in [-0.39, 0.29) is 17.0 Å². The highest BCUT2D eigenvalue weighted by molar-refractivity contribution is 7.92. The van der Waals surface area contributed by atoms with E-state index in [0.717, 1.165) is 5.56 Å². The Morgan fingerprint density at radius 3 is 2.35 bits per heavy atom. The molecule has 0 radical (unpaired) electrons. The summed E-state index contributed by atoms with van der Waals surface area (Å²) in [7, 11) is -2.50. The molecule has 0 unspecified atom stereocenters. The zero-order chi connectivity index (χ0) is 22.3. The molecule has 31 heavy (non-hydrogen) atoms.